The molecule has 3 nitrogen and oxygen atoms in total. The van der Waals surface area contributed by atoms with Crippen LogP contribution in [0.5, 0.6) is 0 Å². The number of benzene rings is 1. The molecule has 1 aromatic heterocycles. The Balaban J connectivity index is 1.79. The summed E-state index contributed by atoms with van der Waals surface area (Å²) >= 11 is 0. The SMILES string of the molecule is CC(CCc1ccncc1)NCC(O)c1ccc(F)cc1F. The van der Waals surface area contributed by atoms with Crippen molar-refractivity contribution in [2.45, 2.75) is 31.9 Å². The van der Waals surface area contributed by atoms with Crippen molar-refractivity contribution in [2.75, 3.05) is 6.54 Å². The third kappa shape index (κ3) is 4.86. The molecule has 22 heavy (non-hydrogen) atoms. The van der Waals surface area contributed by atoms with E-state index in [1.54, 1.807) is 12.4 Å². The molecule has 2 aromatic rings. The van der Waals surface area contributed by atoms with Gasteiger partial charge in [0.25, 0.3) is 0 Å². The summed E-state index contributed by atoms with van der Waals surface area (Å²) in [6.07, 6.45) is 4.31. The van der Waals surface area contributed by atoms with E-state index in [-0.39, 0.29) is 18.2 Å². The second-order valence-electron chi connectivity index (χ2n) is 5.39. The Kier molecular flexibility index (Phi) is 5.98. The molecule has 118 valence electrons. The minimum absolute atomic E-state index is 0.107. The minimum atomic E-state index is -0.996. The maximum atomic E-state index is 13.6. The Hall–Kier alpha value is -1.85. The molecule has 2 unspecified atom stereocenters. The predicted molar refractivity (Wildman–Crippen MR) is 81.3 cm³/mol. The van der Waals surface area contributed by atoms with Crippen molar-refractivity contribution in [1.29, 1.82) is 0 Å². The lowest BCUT2D eigenvalue weighted by Crippen LogP contribution is -2.31. The second-order valence-corrected chi connectivity index (χ2v) is 5.39. The van der Waals surface area contributed by atoms with Crippen LogP contribution >= 0.6 is 0 Å². The van der Waals surface area contributed by atoms with Crippen molar-refractivity contribution in [2.24, 2.45) is 0 Å². The van der Waals surface area contributed by atoms with Crippen LogP contribution < -0.4 is 5.32 Å². The molecule has 0 aliphatic rings. The van der Waals surface area contributed by atoms with Crippen LogP contribution in [0.3, 0.4) is 0 Å². The van der Waals surface area contributed by atoms with Crippen molar-refractivity contribution < 1.29 is 13.9 Å². The number of aryl methyl sites for hydroxylation is 1. The number of aromatic nitrogens is 1. The topological polar surface area (TPSA) is 45.2 Å². The number of rotatable bonds is 7. The molecule has 5 heteroatoms. The highest BCUT2D eigenvalue weighted by Gasteiger charge is 2.14. The summed E-state index contributed by atoms with van der Waals surface area (Å²) in [5.41, 5.74) is 1.31. The van der Waals surface area contributed by atoms with Crippen LogP contribution in [-0.2, 0) is 6.42 Å². The van der Waals surface area contributed by atoms with Crippen LogP contribution in [0.15, 0.2) is 42.7 Å². The van der Waals surface area contributed by atoms with Crippen molar-refractivity contribution in [3.63, 3.8) is 0 Å². The van der Waals surface area contributed by atoms with E-state index in [1.165, 1.54) is 11.6 Å². The molecule has 0 amide bonds. The summed E-state index contributed by atoms with van der Waals surface area (Å²) in [6, 6.07) is 7.31. The molecule has 0 saturated carbocycles. The number of nitrogens with zero attached hydrogens (tertiary/aromatic N) is 1. The van der Waals surface area contributed by atoms with E-state index in [4.69, 9.17) is 0 Å². The molecule has 0 fully saturated rings. The molecule has 2 N–H and O–H groups in total. The highest BCUT2D eigenvalue weighted by Crippen LogP contribution is 2.17. The van der Waals surface area contributed by atoms with Crippen LogP contribution in [0.25, 0.3) is 0 Å². The number of aliphatic hydroxyl groups excluding tert-OH is 1. The number of hydrogen-bond donors (Lipinski definition) is 2. The fourth-order valence-corrected chi connectivity index (χ4v) is 2.23. The van der Waals surface area contributed by atoms with Gasteiger partial charge in [-0.2, -0.15) is 0 Å². The molecule has 1 aromatic carbocycles. The normalized spacial score (nSPS) is 13.8. The molecular formula is C17H20F2N2O. The standard InChI is InChI=1S/C17H20F2N2O/c1-12(2-3-13-6-8-20-9-7-13)21-11-17(22)15-5-4-14(18)10-16(15)19/h4-10,12,17,21-22H,2-3,11H2,1H3. The first-order valence-electron chi connectivity index (χ1n) is 7.31. The van der Waals surface area contributed by atoms with Gasteiger partial charge in [0.15, 0.2) is 0 Å². The van der Waals surface area contributed by atoms with Gasteiger partial charge in [0.2, 0.25) is 0 Å². The van der Waals surface area contributed by atoms with Crippen LogP contribution in [0.4, 0.5) is 8.78 Å². The lowest BCUT2D eigenvalue weighted by atomic mass is 10.1. The molecule has 0 aliphatic heterocycles. The average molecular weight is 306 g/mol. The van der Waals surface area contributed by atoms with Crippen molar-refractivity contribution >= 4 is 0 Å². The summed E-state index contributed by atoms with van der Waals surface area (Å²) in [6.45, 7) is 2.23. The second kappa shape index (κ2) is 7.96. The number of pyridine rings is 1. The van der Waals surface area contributed by atoms with Gasteiger partial charge in [0, 0.05) is 36.6 Å². The summed E-state index contributed by atoms with van der Waals surface area (Å²) in [5.74, 6) is -1.37. The van der Waals surface area contributed by atoms with Gasteiger partial charge < -0.3 is 10.4 Å². The van der Waals surface area contributed by atoms with Crippen molar-refractivity contribution in [1.82, 2.24) is 10.3 Å². The Morgan fingerprint density at radius 3 is 2.59 bits per heavy atom. The van der Waals surface area contributed by atoms with E-state index in [9.17, 15) is 13.9 Å². The third-order valence-electron chi connectivity index (χ3n) is 3.60. The first kappa shape index (κ1) is 16.5. The fourth-order valence-electron chi connectivity index (χ4n) is 2.23. The van der Waals surface area contributed by atoms with E-state index in [1.807, 2.05) is 19.1 Å². The van der Waals surface area contributed by atoms with Crippen LogP contribution in [-0.4, -0.2) is 22.7 Å². The lowest BCUT2D eigenvalue weighted by molar-refractivity contribution is 0.165. The predicted octanol–water partition coefficient (Wildman–Crippen LogP) is 3.00. The van der Waals surface area contributed by atoms with E-state index in [2.05, 4.69) is 10.3 Å². The maximum Gasteiger partial charge on any atom is 0.131 e. The Bertz CT molecular complexity index is 592. The average Bonchev–Trinajstić information content (AvgIpc) is 2.51. The molecule has 2 atom stereocenters. The van der Waals surface area contributed by atoms with Gasteiger partial charge in [-0.1, -0.05) is 6.07 Å². The molecule has 0 aliphatic carbocycles. The smallest absolute Gasteiger partial charge is 0.131 e. The molecule has 0 saturated heterocycles. The Morgan fingerprint density at radius 1 is 1.18 bits per heavy atom. The summed E-state index contributed by atoms with van der Waals surface area (Å²) in [5, 5.41) is 13.2. The first-order valence-corrected chi connectivity index (χ1v) is 7.31. The zero-order valence-corrected chi connectivity index (χ0v) is 12.5. The number of halogens is 2. The van der Waals surface area contributed by atoms with E-state index >= 15 is 0 Å². The van der Waals surface area contributed by atoms with Gasteiger partial charge in [-0.3, -0.25) is 4.98 Å². The molecule has 0 bridgehead atoms. The first-order chi connectivity index (χ1) is 10.6. The Labute approximate surface area is 129 Å². The summed E-state index contributed by atoms with van der Waals surface area (Å²) in [7, 11) is 0. The molecule has 0 radical (unpaired) electrons. The molecular weight excluding hydrogens is 286 g/mol. The summed E-state index contributed by atoms with van der Waals surface area (Å²) in [4.78, 5) is 3.97. The van der Waals surface area contributed by atoms with Gasteiger partial charge in [-0.15, -0.1) is 0 Å². The highest BCUT2D eigenvalue weighted by atomic mass is 19.1. The van der Waals surface area contributed by atoms with Crippen LogP contribution in [0, 0.1) is 11.6 Å². The van der Waals surface area contributed by atoms with E-state index < -0.39 is 17.7 Å². The minimum Gasteiger partial charge on any atom is -0.387 e. The summed E-state index contributed by atoms with van der Waals surface area (Å²) < 4.78 is 26.4. The third-order valence-corrected chi connectivity index (χ3v) is 3.60. The van der Waals surface area contributed by atoms with Crippen LogP contribution in [0.1, 0.15) is 30.6 Å². The number of hydrogen-bond acceptors (Lipinski definition) is 3. The van der Waals surface area contributed by atoms with Crippen molar-refractivity contribution in [3.05, 3.63) is 65.5 Å². The maximum absolute atomic E-state index is 13.6. The zero-order chi connectivity index (χ0) is 15.9. The van der Waals surface area contributed by atoms with Crippen molar-refractivity contribution in [3.8, 4) is 0 Å². The van der Waals surface area contributed by atoms with E-state index in [0.29, 0.717) is 0 Å². The van der Waals surface area contributed by atoms with E-state index in [0.717, 1.165) is 25.0 Å². The van der Waals surface area contributed by atoms with Gasteiger partial charge in [0.1, 0.15) is 11.6 Å². The van der Waals surface area contributed by atoms with Crippen LogP contribution in [0.2, 0.25) is 0 Å². The lowest BCUT2D eigenvalue weighted by Gasteiger charge is -2.18. The number of aliphatic hydroxyl groups is 1. The van der Waals surface area contributed by atoms with Gasteiger partial charge in [0.05, 0.1) is 6.10 Å². The van der Waals surface area contributed by atoms with Gasteiger partial charge in [-0.05, 0) is 43.5 Å². The largest absolute Gasteiger partial charge is 0.387 e. The molecule has 2 rings (SSSR count). The quantitative estimate of drug-likeness (QED) is 0.826. The molecule has 1 heterocycles. The number of nitrogens with one attached hydrogen (secondary N) is 1. The monoisotopic (exact) mass is 306 g/mol. The fraction of sp³-hybridized carbons (Fsp3) is 0.353. The highest BCUT2D eigenvalue weighted by molar-refractivity contribution is 5.21. The molecule has 0 spiro atoms. The van der Waals surface area contributed by atoms with Gasteiger partial charge >= 0.3 is 0 Å². The zero-order valence-electron chi connectivity index (χ0n) is 12.5. The van der Waals surface area contributed by atoms with Gasteiger partial charge in [-0.25, -0.2) is 8.78 Å². The Morgan fingerprint density at radius 2 is 1.91 bits per heavy atom.